The lowest BCUT2D eigenvalue weighted by molar-refractivity contribution is 0.472. The molecule has 1 aliphatic rings. The van der Waals surface area contributed by atoms with Gasteiger partial charge in [0.05, 0.1) is 10.0 Å². The van der Waals surface area contributed by atoms with E-state index in [0.29, 0.717) is 16.1 Å². The van der Waals surface area contributed by atoms with Crippen molar-refractivity contribution in [3.8, 4) is 0 Å². The fourth-order valence-corrected chi connectivity index (χ4v) is 2.87. The zero-order valence-corrected chi connectivity index (χ0v) is 12.5. The Bertz CT molecular complexity index is 586. The average molecular weight is 307 g/mol. The summed E-state index contributed by atoms with van der Waals surface area (Å²) in [6.07, 6.45) is 0. The van der Waals surface area contributed by atoms with Crippen molar-refractivity contribution in [2.75, 3.05) is 24.5 Å². The van der Waals surface area contributed by atoms with Gasteiger partial charge in [-0.15, -0.1) is 0 Å². The van der Waals surface area contributed by atoms with E-state index in [4.69, 9.17) is 23.2 Å². The minimum absolute atomic E-state index is 0.347. The van der Waals surface area contributed by atoms with E-state index in [9.17, 15) is 0 Å². The van der Waals surface area contributed by atoms with Crippen molar-refractivity contribution in [2.45, 2.75) is 6.04 Å². The minimum Gasteiger partial charge on any atom is -0.368 e. The van der Waals surface area contributed by atoms with Crippen LogP contribution in [-0.2, 0) is 0 Å². The lowest BCUT2D eigenvalue weighted by Crippen LogP contribution is -2.45. The van der Waals surface area contributed by atoms with Crippen LogP contribution < -0.4 is 10.2 Å². The van der Waals surface area contributed by atoms with Gasteiger partial charge >= 0.3 is 0 Å². The molecule has 3 rings (SSSR count). The van der Waals surface area contributed by atoms with Crippen LogP contribution in [0.3, 0.4) is 0 Å². The van der Waals surface area contributed by atoms with Crippen LogP contribution in [0, 0.1) is 0 Å². The lowest BCUT2D eigenvalue weighted by Gasteiger charge is -2.35. The van der Waals surface area contributed by atoms with Crippen LogP contribution in [0.15, 0.2) is 48.5 Å². The number of nitrogens with one attached hydrogen (secondary N) is 1. The van der Waals surface area contributed by atoms with E-state index < -0.39 is 0 Å². The van der Waals surface area contributed by atoms with Gasteiger partial charge in [0.25, 0.3) is 0 Å². The highest BCUT2D eigenvalue weighted by Gasteiger charge is 2.21. The summed E-state index contributed by atoms with van der Waals surface area (Å²) in [5.41, 5.74) is 2.44. The van der Waals surface area contributed by atoms with Crippen molar-refractivity contribution >= 4 is 28.9 Å². The predicted molar refractivity (Wildman–Crippen MR) is 85.9 cm³/mol. The van der Waals surface area contributed by atoms with Gasteiger partial charge < -0.3 is 10.2 Å². The number of benzene rings is 2. The summed E-state index contributed by atoms with van der Waals surface area (Å²) in [5.74, 6) is 0. The van der Waals surface area contributed by atoms with Gasteiger partial charge in [-0.1, -0.05) is 53.5 Å². The molecule has 1 saturated heterocycles. The van der Waals surface area contributed by atoms with E-state index in [1.165, 1.54) is 5.56 Å². The van der Waals surface area contributed by atoms with Crippen LogP contribution in [0.1, 0.15) is 11.6 Å². The molecule has 0 aliphatic carbocycles. The van der Waals surface area contributed by atoms with Gasteiger partial charge in [0.15, 0.2) is 0 Å². The van der Waals surface area contributed by atoms with Gasteiger partial charge in [-0.05, 0) is 23.8 Å². The first-order chi connectivity index (χ1) is 9.74. The third-order valence-corrected chi connectivity index (χ3v) is 4.38. The summed E-state index contributed by atoms with van der Waals surface area (Å²) < 4.78 is 0. The molecule has 0 spiro atoms. The van der Waals surface area contributed by atoms with Crippen molar-refractivity contribution in [1.29, 1.82) is 0 Å². The van der Waals surface area contributed by atoms with E-state index >= 15 is 0 Å². The largest absolute Gasteiger partial charge is 0.368 e. The first-order valence-corrected chi connectivity index (χ1v) is 7.48. The molecule has 2 aromatic carbocycles. The summed E-state index contributed by atoms with van der Waals surface area (Å²) >= 11 is 12.1. The van der Waals surface area contributed by atoms with E-state index in [2.05, 4.69) is 34.5 Å². The Hall–Kier alpha value is -1.22. The van der Waals surface area contributed by atoms with Gasteiger partial charge in [0.2, 0.25) is 0 Å². The first-order valence-electron chi connectivity index (χ1n) is 6.72. The fourth-order valence-electron chi connectivity index (χ4n) is 2.57. The molecule has 0 radical (unpaired) electrons. The zero-order valence-electron chi connectivity index (χ0n) is 11.0. The number of anilines is 1. The van der Waals surface area contributed by atoms with Crippen LogP contribution in [0.4, 0.5) is 5.69 Å². The quantitative estimate of drug-likeness (QED) is 0.897. The first kappa shape index (κ1) is 13.7. The molecule has 2 nitrogen and oxygen atoms in total. The van der Waals surface area contributed by atoms with Gasteiger partial charge in [0, 0.05) is 31.4 Å². The summed E-state index contributed by atoms with van der Waals surface area (Å²) in [5, 5.41) is 4.77. The number of hydrogen-bond donors (Lipinski definition) is 1. The summed E-state index contributed by atoms with van der Waals surface area (Å²) in [4.78, 5) is 2.34. The highest BCUT2D eigenvalue weighted by molar-refractivity contribution is 6.42. The van der Waals surface area contributed by atoms with Crippen molar-refractivity contribution in [3.63, 3.8) is 0 Å². The summed E-state index contributed by atoms with van der Waals surface area (Å²) in [6, 6.07) is 16.7. The minimum atomic E-state index is 0.347. The fraction of sp³-hybridized carbons (Fsp3) is 0.250. The predicted octanol–water partition coefficient (Wildman–Crippen LogP) is 4.14. The zero-order chi connectivity index (χ0) is 13.9. The molecule has 0 saturated carbocycles. The normalized spacial score (nSPS) is 19.1. The third-order valence-electron chi connectivity index (χ3n) is 3.65. The number of halogens is 2. The van der Waals surface area contributed by atoms with Crippen molar-refractivity contribution in [1.82, 2.24) is 5.32 Å². The van der Waals surface area contributed by atoms with Gasteiger partial charge in [0.1, 0.15) is 0 Å². The topological polar surface area (TPSA) is 15.3 Å². The van der Waals surface area contributed by atoms with Crippen molar-refractivity contribution in [2.24, 2.45) is 0 Å². The van der Waals surface area contributed by atoms with Crippen LogP contribution in [0.25, 0.3) is 0 Å². The molecule has 0 bridgehead atoms. The molecule has 20 heavy (non-hydrogen) atoms. The SMILES string of the molecule is Clc1ccc(N2CCNC(c3ccccc3)C2)cc1Cl. The van der Waals surface area contributed by atoms with Crippen LogP contribution in [0.5, 0.6) is 0 Å². The van der Waals surface area contributed by atoms with E-state index in [-0.39, 0.29) is 0 Å². The monoisotopic (exact) mass is 306 g/mol. The van der Waals surface area contributed by atoms with E-state index in [1.807, 2.05) is 24.3 Å². The summed E-state index contributed by atoms with van der Waals surface area (Å²) in [6.45, 7) is 2.86. The maximum atomic E-state index is 6.11. The van der Waals surface area contributed by atoms with Gasteiger partial charge in [-0.3, -0.25) is 0 Å². The second-order valence-electron chi connectivity index (χ2n) is 4.96. The standard InChI is InChI=1S/C16H16Cl2N2/c17-14-7-6-13(10-15(14)18)20-9-8-19-16(11-20)12-4-2-1-3-5-12/h1-7,10,16,19H,8-9,11H2. The molecular weight excluding hydrogens is 291 g/mol. The Morgan fingerprint density at radius 3 is 2.55 bits per heavy atom. The number of rotatable bonds is 2. The van der Waals surface area contributed by atoms with E-state index in [0.717, 1.165) is 25.3 Å². The Morgan fingerprint density at radius 1 is 1.00 bits per heavy atom. The third kappa shape index (κ3) is 2.93. The molecule has 1 atom stereocenters. The maximum absolute atomic E-state index is 6.11. The second kappa shape index (κ2) is 6.04. The molecule has 104 valence electrons. The number of hydrogen-bond acceptors (Lipinski definition) is 2. The molecule has 4 heteroatoms. The Balaban J connectivity index is 1.79. The number of piperazine rings is 1. The number of nitrogens with zero attached hydrogens (tertiary/aromatic N) is 1. The highest BCUT2D eigenvalue weighted by Crippen LogP contribution is 2.29. The molecule has 0 amide bonds. The van der Waals surface area contributed by atoms with Crippen molar-refractivity contribution in [3.05, 3.63) is 64.1 Å². The Morgan fingerprint density at radius 2 is 1.80 bits per heavy atom. The van der Waals surface area contributed by atoms with Gasteiger partial charge in [-0.25, -0.2) is 0 Å². The molecule has 1 aliphatic heterocycles. The maximum Gasteiger partial charge on any atom is 0.0612 e. The molecular formula is C16H16Cl2N2. The highest BCUT2D eigenvalue weighted by atomic mass is 35.5. The molecule has 1 heterocycles. The molecule has 1 N–H and O–H groups in total. The molecule has 2 aromatic rings. The van der Waals surface area contributed by atoms with Crippen LogP contribution in [0.2, 0.25) is 10.0 Å². The average Bonchev–Trinajstić information content (AvgIpc) is 2.51. The lowest BCUT2D eigenvalue weighted by atomic mass is 10.0. The van der Waals surface area contributed by atoms with Crippen LogP contribution >= 0.6 is 23.2 Å². The Labute approximate surface area is 129 Å². The second-order valence-corrected chi connectivity index (χ2v) is 5.78. The van der Waals surface area contributed by atoms with Crippen molar-refractivity contribution < 1.29 is 0 Å². The molecule has 1 unspecified atom stereocenters. The summed E-state index contributed by atoms with van der Waals surface area (Å²) in [7, 11) is 0. The molecule has 0 aromatic heterocycles. The Kier molecular flexibility index (Phi) is 4.16. The van der Waals surface area contributed by atoms with E-state index in [1.54, 1.807) is 0 Å². The smallest absolute Gasteiger partial charge is 0.0612 e. The molecule has 1 fully saturated rings. The van der Waals surface area contributed by atoms with Crippen LogP contribution in [-0.4, -0.2) is 19.6 Å². The van der Waals surface area contributed by atoms with Gasteiger partial charge in [-0.2, -0.15) is 0 Å².